The van der Waals surface area contributed by atoms with E-state index in [1.807, 2.05) is 24.3 Å². The number of nitrogens with zero attached hydrogens (tertiary/aromatic N) is 3. The minimum Gasteiger partial charge on any atom is -0.381 e. The van der Waals surface area contributed by atoms with E-state index in [0.29, 0.717) is 10.8 Å². The molecule has 2 aromatic rings. The Kier molecular flexibility index (Phi) is 2.83. The normalized spacial score (nSPS) is 11.0. The summed E-state index contributed by atoms with van der Waals surface area (Å²) in [5.74, 6) is 0.746. The molecule has 84 valence electrons. The lowest BCUT2D eigenvalue weighted by molar-refractivity contribution is 0.716. The maximum atomic E-state index is 5.84. The van der Waals surface area contributed by atoms with Crippen molar-refractivity contribution >= 4 is 17.4 Å². The van der Waals surface area contributed by atoms with Crippen molar-refractivity contribution in [2.24, 2.45) is 0 Å². The third kappa shape index (κ3) is 1.88. The fourth-order valence-electron chi connectivity index (χ4n) is 1.61. The van der Waals surface area contributed by atoms with Crippen molar-refractivity contribution < 1.29 is 0 Å². The van der Waals surface area contributed by atoms with Gasteiger partial charge in [0.25, 0.3) is 0 Å². The first-order chi connectivity index (χ1) is 7.59. The molecule has 4 nitrogen and oxygen atoms in total. The van der Waals surface area contributed by atoms with E-state index in [4.69, 9.17) is 17.3 Å². The van der Waals surface area contributed by atoms with Gasteiger partial charge in [-0.2, -0.15) is 0 Å². The Morgan fingerprint density at radius 3 is 2.44 bits per heavy atom. The summed E-state index contributed by atoms with van der Waals surface area (Å²) >= 11 is 5.84. The number of aromatic nitrogens is 3. The number of anilines is 1. The first kappa shape index (κ1) is 11.0. The summed E-state index contributed by atoms with van der Waals surface area (Å²) in [6, 6.07) is 7.42. The average Bonchev–Trinajstić information content (AvgIpc) is 2.61. The lowest BCUT2D eigenvalue weighted by Gasteiger charge is -2.09. The number of nitrogens with two attached hydrogens (primary N) is 1. The molecule has 1 heterocycles. The van der Waals surface area contributed by atoms with E-state index in [0.717, 1.165) is 11.4 Å². The third-order valence-corrected chi connectivity index (χ3v) is 2.60. The van der Waals surface area contributed by atoms with Crippen LogP contribution in [-0.4, -0.2) is 15.0 Å². The van der Waals surface area contributed by atoms with Gasteiger partial charge in [-0.05, 0) is 30.2 Å². The van der Waals surface area contributed by atoms with Gasteiger partial charge in [0.1, 0.15) is 0 Å². The lowest BCUT2D eigenvalue weighted by Crippen LogP contribution is -2.05. The second-order valence-corrected chi connectivity index (χ2v) is 4.34. The molecule has 1 aromatic heterocycles. The Labute approximate surface area is 99.0 Å². The minimum atomic E-state index is 0.269. The molecule has 0 amide bonds. The highest BCUT2D eigenvalue weighted by atomic mass is 35.5. The van der Waals surface area contributed by atoms with E-state index in [-0.39, 0.29) is 5.92 Å². The van der Waals surface area contributed by atoms with Crippen molar-refractivity contribution in [3.05, 3.63) is 35.0 Å². The van der Waals surface area contributed by atoms with Gasteiger partial charge < -0.3 is 5.73 Å². The van der Waals surface area contributed by atoms with Crippen molar-refractivity contribution in [1.82, 2.24) is 15.0 Å². The molecule has 16 heavy (non-hydrogen) atoms. The maximum Gasteiger partial charge on any atom is 0.169 e. The van der Waals surface area contributed by atoms with Gasteiger partial charge in [0.05, 0.1) is 11.4 Å². The highest BCUT2D eigenvalue weighted by Gasteiger charge is 2.14. The molecule has 0 unspecified atom stereocenters. The zero-order valence-electron chi connectivity index (χ0n) is 9.18. The molecule has 2 rings (SSSR count). The van der Waals surface area contributed by atoms with Crippen molar-refractivity contribution in [3.63, 3.8) is 0 Å². The number of nitrogen functional groups attached to an aromatic ring is 1. The molecule has 0 aliphatic carbocycles. The van der Waals surface area contributed by atoms with Gasteiger partial charge in [0.2, 0.25) is 0 Å². The van der Waals surface area contributed by atoms with Crippen molar-refractivity contribution in [2.75, 3.05) is 5.73 Å². The Morgan fingerprint density at radius 1 is 1.25 bits per heavy atom. The summed E-state index contributed by atoms with van der Waals surface area (Å²) in [6.07, 6.45) is 0. The van der Waals surface area contributed by atoms with Crippen LogP contribution in [0.25, 0.3) is 5.69 Å². The first-order valence-electron chi connectivity index (χ1n) is 5.06. The predicted molar refractivity (Wildman–Crippen MR) is 64.9 cm³/mol. The zero-order valence-corrected chi connectivity index (χ0v) is 9.94. The Bertz CT molecular complexity index is 487. The largest absolute Gasteiger partial charge is 0.381 e. The fraction of sp³-hybridized carbons (Fsp3) is 0.273. The van der Waals surface area contributed by atoms with Crippen molar-refractivity contribution in [2.45, 2.75) is 19.8 Å². The molecule has 2 N–H and O–H groups in total. The van der Waals surface area contributed by atoms with Crippen LogP contribution in [0.15, 0.2) is 24.3 Å². The molecule has 1 aromatic carbocycles. The minimum absolute atomic E-state index is 0.269. The molecule has 5 heteroatoms. The van der Waals surface area contributed by atoms with E-state index < -0.39 is 0 Å². The number of rotatable bonds is 2. The summed E-state index contributed by atoms with van der Waals surface area (Å²) in [5, 5.41) is 8.63. The Morgan fingerprint density at radius 2 is 1.88 bits per heavy atom. The van der Waals surface area contributed by atoms with Crippen LogP contribution in [0.3, 0.4) is 0 Å². The maximum absolute atomic E-state index is 5.84. The highest BCUT2D eigenvalue weighted by Crippen LogP contribution is 2.23. The van der Waals surface area contributed by atoms with Gasteiger partial charge in [-0.15, -0.1) is 5.10 Å². The van der Waals surface area contributed by atoms with Crippen LogP contribution < -0.4 is 5.73 Å². The summed E-state index contributed by atoms with van der Waals surface area (Å²) in [4.78, 5) is 0. The van der Waals surface area contributed by atoms with Crippen LogP contribution in [0.5, 0.6) is 0 Å². The molecule has 0 bridgehead atoms. The monoisotopic (exact) mass is 236 g/mol. The second-order valence-electron chi connectivity index (χ2n) is 3.90. The smallest absolute Gasteiger partial charge is 0.169 e. The predicted octanol–water partition coefficient (Wildman–Crippen LogP) is 2.63. The van der Waals surface area contributed by atoms with E-state index in [9.17, 15) is 0 Å². The van der Waals surface area contributed by atoms with Crippen molar-refractivity contribution in [1.29, 1.82) is 0 Å². The second kappa shape index (κ2) is 4.14. The molecular weight excluding hydrogens is 224 g/mol. The summed E-state index contributed by atoms with van der Waals surface area (Å²) in [6.45, 7) is 4.11. The first-order valence-corrected chi connectivity index (χ1v) is 5.44. The van der Waals surface area contributed by atoms with Gasteiger partial charge >= 0.3 is 0 Å². The van der Waals surface area contributed by atoms with Gasteiger partial charge in [-0.3, -0.25) is 0 Å². The standard InChI is InChI=1S/C11H13ClN4/c1-7(2)10-11(13)14-15-16(10)9-5-3-8(12)4-6-9/h3-7H,13H2,1-2H3. The quantitative estimate of drug-likeness (QED) is 0.872. The molecule has 0 aliphatic rings. The Balaban J connectivity index is 2.52. The van der Waals surface area contributed by atoms with E-state index >= 15 is 0 Å². The molecule has 0 aliphatic heterocycles. The van der Waals surface area contributed by atoms with E-state index in [2.05, 4.69) is 24.2 Å². The zero-order chi connectivity index (χ0) is 11.7. The number of hydrogen-bond acceptors (Lipinski definition) is 3. The number of benzene rings is 1. The number of hydrogen-bond donors (Lipinski definition) is 1. The highest BCUT2D eigenvalue weighted by molar-refractivity contribution is 6.30. The average molecular weight is 237 g/mol. The van der Waals surface area contributed by atoms with Gasteiger partial charge in [0.15, 0.2) is 5.82 Å². The van der Waals surface area contributed by atoms with Crippen LogP contribution in [0.2, 0.25) is 5.02 Å². The van der Waals surface area contributed by atoms with Gasteiger partial charge in [0, 0.05) is 5.02 Å². The lowest BCUT2D eigenvalue weighted by atomic mass is 10.1. The molecular formula is C11H13ClN4. The molecule has 0 saturated heterocycles. The SMILES string of the molecule is CC(C)c1c(N)nnn1-c1ccc(Cl)cc1. The van der Waals surface area contributed by atoms with E-state index in [1.165, 1.54) is 0 Å². The van der Waals surface area contributed by atoms with Crippen LogP contribution in [0.1, 0.15) is 25.5 Å². The molecule has 0 saturated carbocycles. The van der Waals surface area contributed by atoms with Crippen molar-refractivity contribution in [3.8, 4) is 5.69 Å². The summed E-state index contributed by atoms with van der Waals surface area (Å²) < 4.78 is 1.75. The summed E-state index contributed by atoms with van der Waals surface area (Å²) in [7, 11) is 0. The van der Waals surface area contributed by atoms with Gasteiger partial charge in [-0.1, -0.05) is 30.7 Å². The molecule has 0 radical (unpaired) electrons. The summed E-state index contributed by atoms with van der Waals surface area (Å²) in [5.41, 5.74) is 7.62. The molecule has 0 atom stereocenters. The fourth-order valence-corrected chi connectivity index (χ4v) is 1.74. The molecule has 0 spiro atoms. The van der Waals surface area contributed by atoms with Crippen LogP contribution in [0.4, 0.5) is 5.82 Å². The van der Waals surface area contributed by atoms with E-state index in [1.54, 1.807) is 4.68 Å². The molecule has 0 fully saturated rings. The third-order valence-electron chi connectivity index (χ3n) is 2.35. The van der Waals surface area contributed by atoms with Crippen LogP contribution >= 0.6 is 11.6 Å². The Hall–Kier alpha value is -1.55. The number of halogens is 1. The van der Waals surface area contributed by atoms with Gasteiger partial charge in [-0.25, -0.2) is 4.68 Å². The van der Waals surface area contributed by atoms with Crippen LogP contribution in [-0.2, 0) is 0 Å². The topological polar surface area (TPSA) is 56.7 Å². The van der Waals surface area contributed by atoms with Crippen LogP contribution in [0, 0.1) is 0 Å².